The molecule has 0 heterocycles. The lowest BCUT2D eigenvalue weighted by molar-refractivity contribution is -0.116. The zero-order valence-corrected chi connectivity index (χ0v) is 16.8. The van der Waals surface area contributed by atoms with Gasteiger partial charge in [-0.1, -0.05) is 56.8 Å². The SMILES string of the molecule is C=CN(CC(=O)Nc1c(-c2ccccc2)ccc(Br)c1F)/N=C\C.CC. The van der Waals surface area contributed by atoms with Gasteiger partial charge in [0.1, 0.15) is 6.54 Å². The number of hydrogen-bond acceptors (Lipinski definition) is 3. The van der Waals surface area contributed by atoms with Gasteiger partial charge >= 0.3 is 0 Å². The van der Waals surface area contributed by atoms with E-state index in [0.29, 0.717) is 5.56 Å². The maximum Gasteiger partial charge on any atom is 0.246 e. The Hall–Kier alpha value is -2.47. The smallest absolute Gasteiger partial charge is 0.246 e. The van der Waals surface area contributed by atoms with Crippen LogP contribution in [0.25, 0.3) is 11.1 Å². The first kappa shape index (κ1) is 21.6. The minimum atomic E-state index is -0.520. The summed E-state index contributed by atoms with van der Waals surface area (Å²) in [7, 11) is 0. The molecule has 2 rings (SSSR count). The quantitative estimate of drug-likeness (QED) is 0.483. The molecule has 0 saturated carbocycles. The molecular formula is C20H23BrFN3O. The fourth-order valence-electron chi connectivity index (χ4n) is 2.16. The number of halogens is 2. The summed E-state index contributed by atoms with van der Waals surface area (Å²) < 4.78 is 14.8. The third-order valence-electron chi connectivity index (χ3n) is 3.22. The summed E-state index contributed by atoms with van der Waals surface area (Å²) in [5, 5.41) is 7.97. The van der Waals surface area contributed by atoms with E-state index in [1.54, 1.807) is 25.3 Å². The van der Waals surface area contributed by atoms with E-state index in [1.165, 1.54) is 11.2 Å². The third kappa shape index (κ3) is 5.81. The molecule has 1 N–H and O–H groups in total. The number of anilines is 1. The molecule has 0 aromatic heterocycles. The van der Waals surface area contributed by atoms with Crippen molar-refractivity contribution in [2.24, 2.45) is 5.10 Å². The van der Waals surface area contributed by atoms with Crippen molar-refractivity contribution in [2.45, 2.75) is 20.8 Å². The molecule has 4 nitrogen and oxygen atoms in total. The number of nitrogens with zero attached hydrogens (tertiary/aromatic N) is 2. The van der Waals surface area contributed by atoms with E-state index in [0.717, 1.165) is 5.56 Å². The zero-order chi connectivity index (χ0) is 19.5. The molecule has 138 valence electrons. The highest BCUT2D eigenvalue weighted by molar-refractivity contribution is 9.10. The molecule has 6 heteroatoms. The predicted octanol–water partition coefficient (Wildman–Crippen LogP) is 5.67. The number of rotatable bonds is 6. The van der Waals surface area contributed by atoms with Crippen molar-refractivity contribution in [3.63, 3.8) is 0 Å². The lowest BCUT2D eigenvalue weighted by atomic mass is 10.0. The van der Waals surface area contributed by atoms with Gasteiger partial charge in [0.05, 0.1) is 10.2 Å². The molecule has 0 atom stereocenters. The first-order chi connectivity index (χ1) is 12.6. The third-order valence-corrected chi connectivity index (χ3v) is 3.84. The van der Waals surface area contributed by atoms with Crippen LogP contribution in [0.1, 0.15) is 20.8 Å². The Morgan fingerprint density at radius 3 is 2.50 bits per heavy atom. The van der Waals surface area contributed by atoms with Crippen LogP contribution in [0.5, 0.6) is 0 Å². The molecule has 2 aromatic rings. The van der Waals surface area contributed by atoms with Crippen molar-refractivity contribution < 1.29 is 9.18 Å². The number of amides is 1. The zero-order valence-electron chi connectivity index (χ0n) is 15.2. The molecule has 0 aliphatic carbocycles. The Kier molecular flexibility index (Phi) is 9.30. The van der Waals surface area contributed by atoms with Crippen LogP contribution in [-0.4, -0.2) is 23.7 Å². The molecule has 0 aliphatic heterocycles. The second kappa shape index (κ2) is 11.2. The normalized spacial score (nSPS) is 10.0. The van der Waals surface area contributed by atoms with Crippen LogP contribution in [0.2, 0.25) is 0 Å². The van der Waals surface area contributed by atoms with Gasteiger partial charge < -0.3 is 5.32 Å². The highest BCUT2D eigenvalue weighted by atomic mass is 79.9. The fourth-order valence-corrected chi connectivity index (χ4v) is 2.49. The number of carbonyl (C=O) groups is 1. The van der Waals surface area contributed by atoms with Gasteiger partial charge in [-0.25, -0.2) is 4.39 Å². The van der Waals surface area contributed by atoms with Crippen LogP contribution >= 0.6 is 15.9 Å². The van der Waals surface area contributed by atoms with Gasteiger partial charge in [0.15, 0.2) is 5.82 Å². The molecule has 0 spiro atoms. The Labute approximate surface area is 162 Å². The summed E-state index contributed by atoms with van der Waals surface area (Å²) in [4.78, 5) is 12.2. The maximum absolute atomic E-state index is 14.6. The second-order valence-corrected chi connectivity index (χ2v) is 5.71. The molecular weight excluding hydrogens is 397 g/mol. The second-order valence-electron chi connectivity index (χ2n) is 4.85. The first-order valence-electron chi connectivity index (χ1n) is 8.28. The van der Waals surface area contributed by atoms with Crippen LogP contribution in [0, 0.1) is 5.82 Å². The fraction of sp³-hybridized carbons (Fsp3) is 0.200. The van der Waals surface area contributed by atoms with Crippen LogP contribution < -0.4 is 5.32 Å². The Balaban J connectivity index is 0.00000163. The van der Waals surface area contributed by atoms with Crippen molar-refractivity contribution in [1.29, 1.82) is 0 Å². The molecule has 0 bridgehead atoms. The van der Waals surface area contributed by atoms with Crippen LogP contribution in [0.15, 0.2) is 64.8 Å². The van der Waals surface area contributed by atoms with E-state index in [1.807, 2.05) is 44.2 Å². The average molecular weight is 420 g/mol. The summed E-state index contributed by atoms with van der Waals surface area (Å²) >= 11 is 3.16. The standard InChI is InChI=1S/C18H17BrFN3O.C2H6/c1-3-21-23(4-2)12-16(24)22-18-14(10-11-15(19)17(18)20)13-8-6-5-7-9-13;1-2/h3-11H,2,12H2,1H3,(H,22,24);1-2H3/b21-3-;. The molecule has 26 heavy (non-hydrogen) atoms. The molecule has 1 amide bonds. The van der Waals surface area contributed by atoms with E-state index in [4.69, 9.17) is 0 Å². The summed E-state index contributed by atoms with van der Waals surface area (Å²) in [6, 6.07) is 12.7. The van der Waals surface area contributed by atoms with Gasteiger partial charge in [-0.15, -0.1) is 0 Å². The minimum Gasteiger partial charge on any atom is -0.321 e. The number of hydrazone groups is 1. The summed E-state index contributed by atoms with van der Waals surface area (Å²) in [6.07, 6.45) is 2.97. The number of benzene rings is 2. The Morgan fingerprint density at radius 2 is 1.92 bits per heavy atom. The van der Waals surface area contributed by atoms with E-state index >= 15 is 0 Å². The van der Waals surface area contributed by atoms with Gasteiger partial charge in [0.2, 0.25) is 5.91 Å². The average Bonchev–Trinajstić information content (AvgIpc) is 2.67. The van der Waals surface area contributed by atoms with Crippen molar-refractivity contribution in [3.05, 3.63) is 65.5 Å². The van der Waals surface area contributed by atoms with Gasteiger partial charge in [-0.05, 0) is 34.5 Å². The number of carbonyl (C=O) groups excluding carboxylic acids is 1. The summed E-state index contributed by atoms with van der Waals surface area (Å²) in [6.45, 7) is 9.26. The Morgan fingerprint density at radius 1 is 1.27 bits per heavy atom. The number of nitrogens with one attached hydrogen (secondary N) is 1. The largest absolute Gasteiger partial charge is 0.321 e. The van der Waals surface area contributed by atoms with Crippen molar-refractivity contribution >= 4 is 33.7 Å². The molecule has 0 radical (unpaired) electrons. The van der Waals surface area contributed by atoms with Crippen molar-refractivity contribution in [1.82, 2.24) is 5.01 Å². The summed E-state index contributed by atoms with van der Waals surface area (Å²) in [5.41, 5.74) is 1.55. The van der Waals surface area contributed by atoms with E-state index < -0.39 is 11.7 Å². The first-order valence-corrected chi connectivity index (χ1v) is 9.07. The molecule has 0 aliphatic rings. The van der Waals surface area contributed by atoms with Crippen LogP contribution in [0.4, 0.5) is 10.1 Å². The lowest BCUT2D eigenvalue weighted by Gasteiger charge is -2.16. The molecule has 0 saturated heterocycles. The van der Waals surface area contributed by atoms with Gasteiger partial charge in [-0.3, -0.25) is 9.80 Å². The van der Waals surface area contributed by atoms with E-state index in [2.05, 4.69) is 32.9 Å². The monoisotopic (exact) mass is 419 g/mol. The van der Waals surface area contributed by atoms with Gasteiger partial charge in [0.25, 0.3) is 0 Å². The van der Waals surface area contributed by atoms with Crippen LogP contribution in [-0.2, 0) is 4.79 Å². The predicted molar refractivity (Wildman–Crippen MR) is 111 cm³/mol. The minimum absolute atomic E-state index is 0.0615. The summed E-state index contributed by atoms with van der Waals surface area (Å²) in [5.74, 6) is -0.913. The van der Waals surface area contributed by atoms with E-state index in [-0.39, 0.29) is 16.7 Å². The van der Waals surface area contributed by atoms with Crippen molar-refractivity contribution in [2.75, 3.05) is 11.9 Å². The molecule has 0 unspecified atom stereocenters. The maximum atomic E-state index is 14.6. The highest BCUT2D eigenvalue weighted by Gasteiger charge is 2.17. The van der Waals surface area contributed by atoms with Gasteiger partial charge in [0, 0.05) is 18.0 Å². The topological polar surface area (TPSA) is 44.7 Å². The van der Waals surface area contributed by atoms with Gasteiger partial charge in [-0.2, -0.15) is 5.10 Å². The van der Waals surface area contributed by atoms with Crippen molar-refractivity contribution in [3.8, 4) is 11.1 Å². The number of hydrogen-bond donors (Lipinski definition) is 1. The molecule has 0 fully saturated rings. The van der Waals surface area contributed by atoms with Crippen LogP contribution in [0.3, 0.4) is 0 Å². The highest BCUT2D eigenvalue weighted by Crippen LogP contribution is 2.34. The Bertz CT molecular complexity index is 763. The molecule has 2 aromatic carbocycles. The lowest BCUT2D eigenvalue weighted by Crippen LogP contribution is -2.26. The van der Waals surface area contributed by atoms with E-state index in [9.17, 15) is 9.18 Å².